The molecular weight excluding hydrogens is 1400 g/mol. The fourth-order valence-electron chi connectivity index (χ4n) is 8.70. The summed E-state index contributed by atoms with van der Waals surface area (Å²) in [6.45, 7) is 26.4. The van der Waals surface area contributed by atoms with E-state index in [0.717, 1.165) is 0 Å². The topological polar surface area (TPSA) is 669 Å². The Bertz CT molecular complexity index is 2760. The molecule has 0 saturated carbocycles. The van der Waals surface area contributed by atoms with Crippen LogP contribution in [0.15, 0.2) is 15.3 Å². The molecule has 5 aliphatic rings. The fourth-order valence-corrected chi connectivity index (χ4v) is 9.24. The van der Waals surface area contributed by atoms with Gasteiger partial charge in [0, 0.05) is 22.9 Å². The summed E-state index contributed by atoms with van der Waals surface area (Å²) in [5, 5.41) is 20.8. The molecule has 0 aromatic heterocycles. The van der Waals surface area contributed by atoms with Crippen LogP contribution in [0.5, 0.6) is 0 Å². The van der Waals surface area contributed by atoms with Crippen molar-refractivity contribution in [3.63, 3.8) is 0 Å². The molecule has 0 amide bonds. The first-order valence-electron chi connectivity index (χ1n) is 24.0. The van der Waals surface area contributed by atoms with Crippen molar-refractivity contribution in [3.8, 4) is 0 Å². The quantitative estimate of drug-likeness (QED) is 0.0149. The van der Waals surface area contributed by atoms with Crippen LogP contribution in [0, 0.1) is 62.7 Å². The maximum absolute atomic E-state index is 11.7. The molecule has 0 aromatic carbocycles. The first-order valence-corrected chi connectivity index (χ1v) is 30.8. The van der Waals surface area contributed by atoms with E-state index in [-0.39, 0.29) is 190 Å². The molecule has 5 rings (SSSR count). The average Bonchev–Trinajstić information content (AvgIpc) is 3.39. The van der Waals surface area contributed by atoms with Crippen molar-refractivity contribution in [3.05, 3.63) is 58.5 Å². The molecular formula is C39H64N9Na5O33S5-4. The molecule has 0 aliphatic carbocycles. The first-order chi connectivity index (χ1) is 39.0. The van der Waals surface area contributed by atoms with Crippen LogP contribution in [0.1, 0.15) is 55.4 Å². The molecule has 5 heterocycles. The van der Waals surface area contributed by atoms with E-state index < -0.39 is 168 Å². The Hall–Kier alpha value is 0.860. The van der Waals surface area contributed by atoms with E-state index in [9.17, 15) is 27.7 Å². The number of ether oxygens (including phenoxy) is 10. The molecule has 502 valence electrons. The van der Waals surface area contributed by atoms with Crippen LogP contribution in [-0.4, -0.2) is 218 Å². The molecule has 91 heavy (non-hydrogen) atoms. The van der Waals surface area contributed by atoms with Gasteiger partial charge in [0.1, 0.15) is 24.6 Å². The van der Waals surface area contributed by atoms with Gasteiger partial charge in [0.15, 0.2) is 18.7 Å². The standard InChI is InChI=1S/C22H33N6O12S.C17H28N3O5.5Na.4H2O4S/c1-9-16(26-28-24)12(4)35-13(5)17(9)37-22-19(40-41(30,31)32)10(2)18(21(39-22)34-8-29)38-20-14(25-27-23)7-15(33-6)11(3)36-20;1-7-9(3)13(19-20-18)17(24-12(7)6)25-14-10(4)8(2)11(5)23-15(14)16(21)22;;;;;;4*1-5(2,3)4/h7-22H,3,5H2,1-2,4,6H3,(H,30,31,32);7-15,17H,6H2,1-5H3,(H,21,22);;;;;;4*(H2,1,2,3,4)/q-3;-1;5*+1;;;;/p-5/t9-,10+,11?,12-,13?,14?,15+,16?,17+,18+,19?,20-,21?,22-;7-,8?,9-,10+,11-,12-,13?,14-,15+,17+;;;;;;;;;/m10........./s1. The third-order valence-electron chi connectivity index (χ3n) is 13.1. The number of carbonyl (C=O) groups excluding carboxylic acids is 1. The van der Waals surface area contributed by atoms with Crippen molar-refractivity contribution < 1.29 is 297 Å². The number of carboxylic acids is 1. The van der Waals surface area contributed by atoms with Gasteiger partial charge in [-0.05, 0) is 77.1 Å². The zero-order chi connectivity index (χ0) is 67.4. The van der Waals surface area contributed by atoms with Gasteiger partial charge in [0.25, 0.3) is 6.47 Å². The second kappa shape index (κ2) is 47.1. The maximum Gasteiger partial charge on any atom is 1.00 e. The number of hydrogen-bond acceptors (Lipinski definition) is 31. The van der Waals surface area contributed by atoms with Gasteiger partial charge < -0.3 is 96.0 Å². The van der Waals surface area contributed by atoms with Gasteiger partial charge in [-0.15, -0.1) is 5.11 Å². The van der Waals surface area contributed by atoms with Crippen molar-refractivity contribution in [1.82, 2.24) is 0 Å². The second-order valence-corrected chi connectivity index (χ2v) is 23.2. The number of carboxylic acid groups (broad SMARTS) is 1. The number of rotatable bonds is 15. The van der Waals surface area contributed by atoms with Crippen LogP contribution in [0.3, 0.4) is 0 Å². The monoisotopic (exact) mass is 1460 g/mol. The summed E-state index contributed by atoms with van der Waals surface area (Å²) >= 11 is 0. The molecule has 5 fully saturated rings. The number of azide groups is 3. The molecule has 5 aliphatic heterocycles. The largest absolute Gasteiger partial charge is 1.00 e. The van der Waals surface area contributed by atoms with E-state index >= 15 is 0 Å². The molecule has 0 aromatic rings. The Kier molecular flexibility index (Phi) is 53.2. The molecule has 52 heteroatoms. The Labute approximate surface area is 636 Å². The van der Waals surface area contributed by atoms with Crippen molar-refractivity contribution >= 4 is 64.4 Å². The molecule has 24 atom stereocenters. The average molecular weight is 1460 g/mol. The molecule has 0 radical (unpaired) electrons. The van der Waals surface area contributed by atoms with Crippen LogP contribution in [-0.2, 0) is 113 Å². The third kappa shape index (κ3) is 41.3. The van der Waals surface area contributed by atoms with Crippen LogP contribution >= 0.6 is 0 Å². The molecule has 8 unspecified atom stereocenters. The predicted molar refractivity (Wildman–Crippen MR) is 273 cm³/mol. The normalized spacial score (nSPS) is 35.2. The predicted octanol–water partition coefficient (Wildman–Crippen LogP) is -14.4. The molecule has 5 saturated heterocycles. The third-order valence-corrected chi connectivity index (χ3v) is 13.6. The Balaban J connectivity index is -0.000000306. The molecule has 5 N–H and O–H groups in total. The van der Waals surface area contributed by atoms with E-state index in [0.29, 0.717) is 0 Å². The summed E-state index contributed by atoms with van der Waals surface area (Å²) < 4.78 is 228. The minimum absolute atomic E-state index is 0. The molecule has 0 spiro atoms. The van der Waals surface area contributed by atoms with Gasteiger partial charge in [-0.1, -0.05) is 70.1 Å². The van der Waals surface area contributed by atoms with Gasteiger partial charge >= 0.3 is 154 Å². The van der Waals surface area contributed by atoms with E-state index in [4.69, 9.17) is 138 Å². The number of aliphatic carboxylic acids is 1. The van der Waals surface area contributed by atoms with Gasteiger partial charge in [0.05, 0.1) is 30.4 Å². The second-order valence-electron chi connectivity index (χ2n) is 18.8. The molecule has 0 bridgehead atoms. The summed E-state index contributed by atoms with van der Waals surface area (Å²) in [6, 6.07) is -2.28. The smallest absolute Gasteiger partial charge is 0.726 e. The van der Waals surface area contributed by atoms with E-state index in [1.165, 1.54) is 20.5 Å². The molecule has 42 nitrogen and oxygen atoms in total. The van der Waals surface area contributed by atoms with Gasteiger partial charge in [-0.25, -0.2) is 46.9 Å². The Morgan fingerprint density at radius 2 is 0.945 bits per heavy atom. The van der Waals surface area contributed by atoms with Crippen molar-refractivity contribution in [2.45, 2.75) is 166 Å². The van der Waals surface area contributed by atoms with Gasteiger partial charge in [0.2, 0.25) is 58.3 Å². The summed E-state index contributed by atoms with van der Waals surface area (Å²) in [6.07, 6.45) is -12.9. The van der Waals surface area contributed by atoms with E-state index in [1.54, 1.807) is 13.8 Å². The van der Waals surface area contributed by atoms with Crippen LogP contribution in [0.25, 0.3) is 31.3 Å². The summed E-state index contributed by atoms with van der Waals surface area (Å²) in [7, 11) is -23.6. The minimum Gasteiger partial charge on any atom is -0.726 e. The SMILES string of the molecule is O=S(=O)([O-])O.O=S(=O)([O-])O.O=S(=O)([O-])O.O=S(=O)([O-])O.[CH2-]C1O[C@H](O[C@@H]2C(OC=O)O[C@@H](O[C@@H]3C([CH2-])O[C@H](C)C(N=[N+]=[N-])[C@H]3C)C(OS(=O)(=O)[O-])[C@H]2C)C(N=[N+]=[N-])[CH-][C@@H]1OC.[CH2-][C@@H]1O[C@H](O[C@H]2[C@H](C)C(C)[C@H](C)O[C@H]2C(=O)O)C(N=[N+]=[N-])[C@@H](C)[C@@H]1C.[Na+].[Na+].[Na+].[Na+].[Na+]. The zero-order valence-electron chi connectivity index (χ0n) is 51.4. The van der Waals surface area contributed by atoms with Crippen LogP contribution in [0.2, 0.25) is 0 Å². The summed E-state index contributed by atoms with van der Waals surface area (Å²) in [5.74, 6) is -2.53. The van der Waals surface area contributed by atoms with Crippen LogP contribution in [0.4, 0.5) is 0 Å². The first kappa shape index (κ1) is 103. The Morgan fingerprint density at radius 3 is 1.36 bits per heavy atom. The zero-order valence-corrected chi connectivity index (χ0v) is 65.4. The van der Waals surface area contributed by atoms with Gasteiger partial charge in [-0.2, -0.15) is 0 Å². The maximum atomic E-state index is 11.7. The number of carbonyl (C=O) groups is 2. The van der Waals surface area contributed by atoms with E-state index in [2.05, 4.69) is 50.8 Å². The van der Waals surface area contributed by atoms with E-state index in [1.807, 2.05) is 34.6 Å². The van der Waals surface area contributed by atoms with Crippen molar-refractivity contribution in [1.29, 1.82) is 0 Å². The number of methoxy groups -OCH3 is 1. The number of nitrogens with zero attached hydrogens (tertiary/aromatic N) is 9. The summed E-state index contributed by atoms with van der Waals surface area (Å²) in [5.41, 5.74) is 26.9. The van der Waals surface area contributed by atoms with Gasteiger partial charge in [-0.3, -0.25) is 33.6 Å². The number of hydrogen-bond donors (Lipinski definition) is 5. The van der Waals surface area contributed by atoms with Crippen molar-refractivity contribution in [2.75, 3.05) is 7.11 Å². The Morgan fingerprint density at radius 1 is 0.516 bits per heavy atom. The minimum atomic E-state index is -5.33. The van der Waals surface area contributed by atoms with Crippen molar-refractivity contribution in [2.24, 2.45) is 50.9 Å². The summed E-state index contributed by atoms with van der Waals surface area (Å²) in [4.78, 5) is 31.6. The fraction of sp³-hybridized carbons (Fsp3) is 0.846. The van der Waals surface area contributed by atoms with Crippen LogP contribution < -0.4 is 148 Å².